The predicted molar refractivity (Wildman–Crippen MR) is 61.1 cm³/mol. The average Bonchev–Trinajstić information content (AvgIpc) is 2.26. The molecule has 0 heterocycles. The molecule has 2 N–H and O–H groups in total. The van der Waals surface area contributed by atoms with Gasteiger partial charge in [0.25, 0.3) is 0 Å². The quantitative estimate of drug-likeness (QED) is 0.779. The molecule has 1 aromatic carbocycles. The molecule has 16 heavy (non-hydrogen) atoms. The predicted octanol–water partition coefficient (Wildman–Crippen LogP) is 1.87. The van der Waals surface area contributed by atoms with Gasteiger partial charge in [0.2, 0.25) is 0 Å². The smallest absolute Gasteiger partial charge is 0.127 e. The van der Waals surface area contributed by atoms with E-state index in [4.69, 9.17) is 9.84 Å². The SMILES string of the molecule is CCNC(C)c1ccc(F)cc1OCCO. The van der Waals surface area contributed by atoms with Crippen LogP contribution in [0.2, 0.25) is 0 Å². The molecule has 4 heteroatoms. The van der Waals surface area contributed by atoms with Gasteiger partial charge in [0.15, 0.2) is 0 Å². The number of rotatable bonds is 6. The molecule has 0 aliphatic rings. The lowest BCUT2D eigenvalue weighted by Gasteiger charge is -2.17. The van der Waals surface area contributed by atoms with Crippen LogP contribution in [0.15, 0.2) is 18.2 Å². The molecule has 1 unspecified atom stereocenters. The van der Waals surface area contributed by atoms with Crippen LogP contribution in [-0.4, -0.2) is 24.9 Å². The van der Waals surface area contributed by atoms with Gasteiger partial charge in [-0.25, -0.2) is 4.39 Å². The van der Waals surface area contributed by atoms with Crippen molar-refractivity contribution in [2.75, 3.05) is 19.8 Å². The number of hydrogen-bond donors (Lipinski definition) is 2. The van der Waals surface area contributed by atoms with Crippen LogP contribution >= 0.6 is 0 Å². The highest BCUT2D eigenvalue weighted by molar-refractivity contribution is 5.36. The fourth-order valence-corrected chi connectivity index (χ4v) is 1.56. The van der Waals surface area contributed by atoms with Gasteiger partial charge in [-0.05, 0) is 19.5 Å². The first-order valence-electron chi connectivity index (χ1n) is 5.45. The van der Waals surface area contributed by atoms with Gasteiger partial charge < -0.3 is 15.2 Å². The zero-order valence-electron chi connectivity index (χ0n) is 9.66. The molecule has 0 spiro atoms. The van der Waals surface area contributed by atoms with Crippen LogP contribution in [0.1, 0.15) is 25.5 Å². The van der Waals surface area contributed by atoms with E-state index in [-0.39, 0.29) is 25.1 Å². The van der Waals surface area contributed by atoms with E-state index in [9.17, 15) is 4.39 Å². The van der Waals surface area contributed by atoms with Crippen molar-refractivity contribution in [1.29, 1.82) is 0 Å². The first-order valence-corrected chi connectivity index (χ1v) is 5.45. The molecule has 1 aromatic rings. The molecule has 3 nitrogen and oxygen atoms in total. The van der Waals surface area contributed by atoms with E-state index in [0.717, 1.165) is 12.1 Å². The van der Waals surface area contributed by atoms with E-state index in [0.29, 0.717) is 5.75 Å². The maximum Gasteiger partial charge on any atom is 0.127 e. The van der Waals surface area contributed by atoms with E-state index < -0.39 is 0 Å². The summed E-state index contributed by atoms with van der Waals surface area (Å²) in [6.07, 6.45) is 0. The van der Waals surface area contributed by atoms with Crippen molar-refractivity contribution in [2.24, 2.45) is 0 Å². The van der Waals surface area contributed by atoms with Crippen LogP contribution in [0, 0.1) is 5.82 Å². The van der Waals surface area contributed by atoms with E-state index in [1.165, 1.54) is 12.1 Å². The maximum atomic E-state index is 13.1. The molecular formula is C12H18FNO2. The van der Waals surface area contributed by atoms with Crippen molar-refractivity contribution in [2.45, 2.75) is 19.9 Å². The largest absolute Gasteiger partial charge is 0.491 e. The lowest BCUT2D eigenvalue weighted by Crippen LogP contribution is -2.19. The zero-order valence-corrected chi connectivity index (χ0v) is 9.66. The maximum absolute atomic E-state index is 13.1. The second-order valence-corrected chi connectivity index (χ2v) is 3.53. The third-order valence-electron chi connectivity index (χ3n) is 2.30. The van der Waals surface area contributed by atoms with E-state index >= 15 is 0 Å². The highest BCUT2D eigenvalue weighted by Crippen LogP contribution is 2.25. The Morgan fingerprint density at radius 3 is 2.88 bits per heavy atom. The second kappa shape index (κ2) is 6.45. The van der Waals surface area contributed by atoms with Crippen LogP contribution in [0.5, 0.6) is 5.75 Å². The van der Waals surface area contributed by atoms with E-state index in [1.54, 1.807) is 6.07 Å². The Morgan fingerprint density at radius 1 is 1.50 bits per heavy atom. The minimum absolute atomic E-state index is 0.0778. The second-order valence-electron chi connectivity index (χ2n) is 3.53. The minimum Gasteiger partial charge on any atom is -0.491 e. The topological polar surface area (TPSA) is 41.5 Å². The summed E-state index contributed by atoms with van der Waals surface area (Å²) >= 11 is 0. The molecule has 1 rings (SSSR count). The van der Waals surface area contributed by atoms with Crippen molar-refractivity contribution in [3.8, 4) is 5.75 Å². The molecule has 0 amide bonds. The lowest BCUT2D eigenvalue weighted by atomic mass is 10.1. The number of aliphatic hydroxyl groups excluding tert-OH is 1. The summed E-state index contributed by atoms with van der Waals surface area (Å²) in [4.78, 5) is 0. The highest BCUT2D eigenvalue weighted by Gasteiger charge is 2.11. The van der Waals surface area contributed by atoms with Crippen molar-refractivity contribution in [1.82, 2.24) is 5.32 Å². The number of nitrogens with one attached hydrogen (secondary N) is 1. The summed E-state index contributed by atoms with van der Waals surface area (Å²) < 4.78 is 18.4. The number of halogens is 1. The Bertz CT molecular complexity index is 331. The third-order valence-corrected chi connectivity index (χ3v) is 2.30. The number of aliphatic hydroxyl groups is 1. The highest BCUT2D eigenvalue weighted by atomic mass is 19.1. The lowest BCUT2D eigenvalue weighted by molar-refractivity contribution is 0.199. The molecule has 1 atom stereocenters. The fourth-order valence-electron chi connectivity index (χ4n) is 1.56. The molecule has 0 saturated heterocycles. The van der Waals surface area contributed by atoms with Crippen LogP contribution in [0.3, 0.4) is 0 Å². The first kappa shape index (κ1) is 12.9. The third kappa shape index (κ3) is 3.47. The standard InChI is InChI=1S/C12H18FNO2/c1-3-14-9(2)11-5-4-10(13)8-12(11)16-7-6-15/h4-5,8-9,14-15H,3,6-7H2,1-2H3. The van der Waals surface area contributed by atoms with Crippen LogP contribution in [-0.2, 0) is 0 Å². The fraction of sp³-hybridized carbons (Fsp3) is 0.500. The molecule has 0 fully saturated rings. The Balaban J connectivity index is 2.88. The number of ether oxygens (including phenoxy) is 1. The van der Waals surface area contributed by atoms with Gasteiger partial charge in [-0.2, -0.15) is 0 Å². The van der Waals surface area contributed by atoms with Gasteiger partial charge in [0, 0.05) is 17.7 Å². The number of hydrogen-bond acceptors (Lipinski definition) is 3. The molecule has 90 valence electrons. The Kier molecular flexibility index (Phi) is 5.22. The minimum atomic E-state index is -0.333. The van der Waals surface area contributed by atoms with Gasteiger partial charge in [0.1, 0.15) is 18.2 Å². The van der Waals surface area contributed by atoms with Gasteiger partial charge in [-0.1, -0.05) is 13.0 Å². The summed E-state index contributed by atoms with van der Waals surface area (Å²) in [5, 5.41) is 11.9. The van der Waals surface area contributed by atoms with Gasteiger partial charge in [-0.3, -0.25) is 0 Å². The van der Waals surface area contributed by atoms with Gasteiger partial charge in [0.05, 0.1) is 6.61 Å². The Morgan fingerprint density at radius 2 is 2.25 bits per heavy atom. The molecule has 0 aromatic heterocycles. The van der Waals surface area contributed by atoms with E-state index in [2.05, 4.69) is 5.32 Å². The van der Waals surface area contributed by atoms with Crippen molar-refractivity contribution < 1.29 is 14.2 Å². The average molecular weight is 227 g/mol. The zero-order chi connectivity index (χ0) is 12.0. The summed E-state index contributed by atoms with van der Waals surface area (Å²) in [6, 6.07) is 4.56. The summed E-state index contributed by atoms with van der Waals surface area (Å²) in [7, 11) is 0. The molecule has 0 saturated carbocycles. The summed E-state index contributed by atoms with van der Waals surface area (Å²) in [5.74, 6) is 0.155. The van der Waals surface area contributed by atoms with Crippen molar-refractivity contribution in [3.63, 3.8) is 0 Å². The van der Waals surface area contributed by atoms with Crippen molar-refractivity contribution >= 4 is 0 Å². The monoisotopic (exact) mass is 227 g/mol. The molecular weight excluding hydrogens is 209 g/mol. The van der Waals surface area contributed by atoms with E-state index in [1.807, 2.05) is 13.8 Å². The van der Waals surface area contributed by atoms with Crippen LogP contribution in [0.25, 0.3) is 0 Å². The summed E-state index contributed by atoms with van der Waals surface area (Å²) in [6.45, 7) is 4.93. The molecule has 0 aliphatic carbocycles. The van der Waals surface area contributed by atoms with Crippen molar-refractivity contribution in [3.05, 3.63) is 29.6 Å². The Hall–Kier alpha value is -1.13. The molecule has 0 radical (unpaired) electrons. The van der Waals surface area contributed by atoms with Crippen LogP contribution in [0.4, 0.5) is 4.39 Å². The molecule has 0 aliphatic heterocycles. The van der Waals surface area contributed by atoms with Gasteiger partial charge >= 0.3 is 0 Å². The van der Waals surface area contributed by atoms with Gasteiger partial charge in [-0.15, -0.1) is 0 Å². The first-order chi connectivity index (χ1) is 7.69. The summed E-state index contributed by atoms with van der Waals surface area (Å²) in [5.41, 5.74) is 0.900. The molecule has 0 bridgehead atoms. The normalized spacial score (nSPS) is 12.5. The van der Waals surface area contributed by atoms with Crippen LogP contribution < -0.4 is 10.1 Å². The Labute approximate surface area is 95.2 Å². The number of benzene rings is 1.